The standard InChI is InChI=1S/C10H12N4S/c1-14(8-5-3-2-4-6-8)7-9-12-13-10(11)15-9/h2-6H,7H2,1H3,(H2,11,13). The van der Waals surface area contributed by atoms with Crippen molar-refractivity contribution in [2.24, 2.45) is 0 Å². The van der Waals surface area contributed by atoms with Crippen molar-refractivity contribution in [1.29, 1.82) is 0 Å². The molecule has 1 aromatic carbocycles. The zero-order valence-corrected chi connectivity index (χ0v) is 9.24. The molecule has 0 radical (unpaired) electrons. The lowest BCUT2D eigenvalue weighted by atomic mass is 10.3. The first kappa shape index (κ1) is 9.92. The molecule has 0 spiro atoms. The zero-order chi connectivity index (χ0) is 10.7. The molecule has 0 atom stereocenters. The number of hydrogen-bond donors (Lipinski definition) is 1. The monoisotopic (exact) mass is 220 g/mol. The minimum absolute atomic E-state index is 0.520. The van der Waals surface area contributed by atoms with Crippen molar-refractivity contribution in [3.8, 4) is 0 Å². The van der Waals surface area contributed by atoms with Crippen LogP contribution in [0.5, 0.6) is 0 Å². The second kappa shape index (κ2) is 4.27. The summed E-state index contributed by atoms with van der Waals surface area (Å²) in [6.07, 6.45) is 0. The molecule has 2 aromatic rings. The molecule has 2 rings (SSSR count). The molecule has 0 fully saturated rings. The van der Waals surface area contributed by atoms with E-state index in [1.54, 1.807) is 0 Å². The Hall–Kier alpha value is -1.62. The fraction of sp³-hybridized carbons (Fsp3) is 0.200. The Labute approximate surface area is 92.4 Å². The van der Waals surface area contributed by atoms with E-state index >= 15 is 0 Å². The summed E-state index contributed by atoms with van der Waals surface area (Å²) in [7, 11) is 2.02. The first-order valence-electron chi connectivity index (χ1n) is 4.60. The molecule has 0 unspecified atom stereocenters. The molecule has 0 aliphatic heterocycles. The number of rotatable bonds is 3. The van der Waals surface area contributed by atoms with Gasteiger partial charge in [-0.05, 0) is 12.1 Å². The Morgan fingerprint density at radius 3 is 2.60 bits per heavy atom. The van der Waals surface area contributed by atoms with Crippen LogP contribution in [0.2, 0.25) is 0 Å². The maximum atomic E-state index is 5.52. The van der Waals surface area contributed by atoms with Crippen LogP contribution < -0.4 is 10.6 Å². The summed E-state index contributed by atoms with van der Waals surface area (Å²) in [5, 5.41) is 9.22. The molecule has 5 heteroatoms. The van der Waals surface area contributed by atoms with Crippen LogP contribution in [0.1, 0.15) is 5.01 Å². The molecule has 0 aliphatic carbocycles. The van der Waals surface area contributed by atoms with Gasteiger partial charge in [0.1, 0.15) is 5.01 Å². The van der Waals surface area contributed by atoms with Crippen LogP contribution in [-0.2, 0) is 6.54 Å². The molecule has 15 heavy (non-hydrogen) atoms. The minimum Gasteiger partial charge on any atom is -0.374 e. The fourth-order valence-electron chi connectivity index (χ4n) is 1.31. The molecule has 0 aliphatic rings. The summed E-state index contributed by atoms with van der Waals surface area (Å²) in [5.74, 6) is 0. The fourth-order valence-corrected chi connectivity index (χ4v) is 1.97. The van der Waals surface area contributed by atoms with Gasteiger partial charge in [0.15, 0.2) is 0 Å². The highest BCUT2D eigenvalue weighted by Crippen LogP contribution is 2.17. The maximum Gasteiger partial charge on any atom is 0.203 e. The highest BCUT2D eigenvalue weighted by Gasteiger charge is 2.05. The third-order valence-corrected chi connectivity index (χ3v) is 2.79. The number of nitrogen functional groups attached to an aromatic ring is 1. The first-order valence-corrected chi connectivity index (χ1v) is 5.41. The highest BCUT2D eigenvalue weighted by molar-refractivity contribution is 7.15. The molecule has 2 N–H and O–H groups in total. The molecule has 78 valence electrons. The number of para-hydroxylation sites is 1. The van der Waals surface area contributed by atoms with Gasteiger partial charge in [-0.25, -0.2) is 0 Å². The molecule has 1 heterocycles. The quantitative estimate of drug-likeness (QED) is 0.856. The van der Waals surface area contributed by atoms with Gasteiger partial charge >= 0.3 is 0 Å². The highest BCUT2D eigenvalue weighted by atomic mass is 32.1. The van der Waals surface area contributed by atoms with E-state index in [0.29, 0.717) is 5.13 Å². The van der Waals surface area contributed by atoms with E-state index in [1.165, 1.54) is 11.3 Å². The van der Waals surface area contributed by atoms with Crippen LogP contribution in [0.15, 0.2) is 30.3 Å². The van der Waals surface area contributed by atoms with Crippen LogP contribution in [0.25, 0.3) is 0 Å². The van der Waals surface area contributed by atoms with Gasteiger partial charge in [-0.1, -0.05) is 29.5 Å². The van der Waals surface area contributed by atoms with Crippen LogP contribution in [0, 0.1) is 0 Å². The minimum atomic E-state index is 0.520. The molecule has 0 saturated heterocycles. The van der Waals surface area contributed by atoms with E-state index in [-0.39, 0.29) is 0 Å². The number of benzene rings is 1. The van der Waals surface area contributed by atoms with Gasteiger partial charge in [-0.2, -0.15) is 0 Å². The summed E-state index contributed by atoms with van der Waals surface area (Å²) in [6.45, 7) is 0.735. The molecular formula is C10H12N4S. The Kier molecular flexibility index (Phi) is 2.82. The SMILES string of the molecule is CN(Cc1nnc(N)s1)c1ccccc1. The third-order valence-electron chi connectivity index (χ3n) is 2.05. The normalized spacial score (nSPS) is 10.2. The van der Waals surface area contributed by atoms with Gasteiger partial charge in [-0.3, -0.25) is 0 Å². The summed E-state index contributed by atoms with van der Waals surface area (Å²) >= 11 is 1.42. The average molecular weight is 220 g/mol. The topological polar surface area (TPSA) is 55.0 Å². The average Bonchev–Trinajstić information content (AvgIpc) is 2.65. The van der Waals surface area contributed by atoms with Gasteiger partial charge in [-0.15, -0.1) is 10.2 Å². The van der Waals surface area contributed by atoms with Crippen molar-refractivity contribution in [3.63, 3.8) is 0 Å². The molecule has 4 nitrogen and oxygen atoms in total. The Bertz CT molecular complexity index is 426. The second-order valence-electron chi connectivity index (χ2n) is 3.23. The summed E-state index contributed by atoms with van der Waals surface area (Å²) in [6, 6.07) is 10.1. The molecule has 0 bridgehead atoms. The number of aromatic nitrogens is 2. The van der Waals surface area contributed by atoms with Crippen LogP contribution in [0.4, 0.5) is 10.8 Å². The summed E-state index contributed by atoms with van der Waals surface area (Å²) in [5.41, 5.74) is 6.68. The lowest BCUT2D eigenvalue weighted by Gasteiger charge is -2.16. The number of nitrogens with zero attached hydrogens (tertiary/aromatic N) is 3. The van der Waals surface area contributed by atoms with E-state index in [1.807, 2.05) is 25.2 Å². The van der Waals surface area contributed by atoms with Crippen LogP contribution >= 0.6 is 11.3 Å². The summed E-state index contributed by atoms with van der Waals surface area (Å²) < 4.78 is 0. The van der Waals surface area contributed by atoms with E-state index in [2.05, 4.69) is 27.2 Å². The molecule has 1 aromatic heterocycles. The van der Waals surface area contributed by atoms with Gasteiger partial charge < -0.3 is 10.6 Å². The van der Waals surface area contributed by atoms with Gasteiger partial charge in [0, 0.05) is 12.7 Å². The van der Waals surface area contributed by atoms with Gasteiger partial charge in [0.25, 0.3) is 0 Å². The van der Waals surface area contributed by atoms with Crippen LogP contribution in [-0.4, -0.2) is 17.2 Å². The van der Waals surface area contributed by atoms with E-state index in [4.69, 9.17) is 5.73 Å². The number of nitrogens with two attached hydrogens (primary N) is 1. The maximum absolute atomic E-state index is 5.52. The van der Waals surface area contributed by atoms with Crippen LogP contribution in [0.3, 0.4) is 0 Å². The van der Waals surface area contributed by atoms with Gasteiger partial charge in [0.05, 0.1) is 6.54 Å². The third kappa shape index (κ3) is 2.44. The largest absolute Gasteiger partial charge is 0.374 e. The predicted molar refractivity (Wildman–Crippen MR) is 62.9 cm³/mol. The molecular weight excluding hydrogens is 208 g/mol. The van der Waals surface area contributed by atoms with Crippen molar-refractivity contribution in [2.45, 2.75) is 6.54 Å². The van der Waals surface area contributed by atoms with Crippen molar-refractivity contribution in [1.82, 2.24) is 10.2 Å². The first-order chi connectivity index (χ1) is 7.25. The lowest BCUT2D eigenvalue weighted by molar-refractivity contribution is 0.882. The number of anilines is 2. The summed E-state index contributed by atoms with van der Waals surface area (Å²) in [4.78, 5) is 2.11. The van der Waals surface area contributed by atoms with Crippen molar-refractivity contribution in [3.05, 3.63) is 35.3 Å². The van der Waals surface area contributed by atoms with E-state index < -0.39 is 0 Å². The van der Waals surface area contributed by atoms with E-state index in [0.717, 1.165) is 17.2 Å². The van der Waals surface area contributed by atoms with Gasteiger partial charge in [0.2, 0.25) is 5.13 Å². The van der Waals surface area contributed by atoms with Crippen molar-refractivity contribution >= 4 is 22.2 Å². The lowest BCUT2D eigenvalue weighted by Crippen LogP contribution is -2.15. The van der Waals surface area contributed by atoms with E-state index in [9.17, 15) is 0 Å². The molecule has 0 amide bonds. The predicted octanol–water partition coefficient (Wildman–Crippen LogP) is 1.76. The smallest absolute Gasteiger partial charge is 0.203 e. The molecule has 0 saturated carbocycles. The van der Waals surface area contributed by atoms with Crippen molar-refractivity contribution in [2.75, 3.05) is 17.7 Å². The number of hydrogen-bond acceptors (Lipinski definition) is 5. The van der Waals surface area contributed by atoms with Crippen molar-refractivity contribution < 1.29 is 0 Å². The Balaban J connectivity index is 2.07. The Morgan fingerprint density at radius 2 is 2.00 bits per heavy atom. The second-order valence-corrected chi connectivity index (χ2v) is 4.32. The Morgan fingerprint density at radius 1 is 1.27 bits per heavy atom. The zero-order valence-electron chi connectivity index (χ0n) is 8.42.